The van der Waals surface area contributed by atoms with Crippen LogP contribution in [-0.4, -0.2) is 62.2 Å². The van der Waals surface area contributed by atoms with Gasteiger partial charge in [0.05, 0.1) is 0 Å². The first kappa shape index (κ1) is 16.2. The van der Waals surface area contributed by atoms with E-state index in [1.165, 1.54) is 0 Å². The van der Waals surface area contributed by atoms with Crippen LogP contribution < -0.4 is 4.90 Å². The zero-order valence-corrected chi connectivity index (χ0v) is 14.5. The molecule has 1 fully saturated rings. The van der Waals surface area contributed by atoms with Gasteiger partial charge in [-0.25, -0.2) is 9.67 Å². The molecule has 0 atom stereocenters. The van der Waals surface area contributed by atoms with Gasteiger partial charge in [0, 0.05) is 50.6 Å². The number of carbonyl (C=O) groups is 1. The number of aryl methyl sites for hydroxylation is 1. The number of amides is 1. The Balaban J connectivity index is 1.47. The van der Waals surface area contributed by atoms with Gasteiger partial charge < -0.3 is 9.80 Å². The summed E-state index contributed by atoms with van der Waals surface area (Å²) in [6.45, 7) is 2.89. The third kappa shape index (κ3) is 3.13. The molecular weight excluding hydrogens is 330 g/mol. The number of piperazine rings is 1. The summed E-state index contributed by atoms with van der Waals surface area (Å²) in [5.74, 6) is 1.62. The molecule has 1 aliphatic rings. The Morgan fingerprint density at radius 1 is 1.04 bits per heavy atom. The van der Waals surface area contributed by atoms with Gasteiger partial charge in [0.25, 0.3) is 5.91 Å². The minimum atomic E-state index is 0.0302. The number of benzene rings is 1. The van der Waals surface area contributed by atoms with E-state index in [-0.39, 0.29) is 5.91 Å². The van der Waals surface area contributed by atoms with E-state index in [0.29, 0.717) is 24.5 Å². The molecule has 4 rings (SSSR count). The van der Waals surface area contributed by atoms with Gasteiger partial charge in [0.2, 0.25) is 0 Å². The molecule has 1 saturated heterocycles. The number of hydrogen-bond acceptors (Lipinski definition) is 6. The van der Waals surface area contributed by atoms with Crippen molar-refractivity contribution in [3.05, 3.63) is 54.2 Å². The number of tetrazole rings is 1. The van der Waals surface area contributed by atoms with Crippen LogP contribution in [0.5, 0.6) is 0 Å². The molecule has 0 unspecified atom stereocenters. The highest BCUT2D eigenvalue weighted by molar-refractivity contribution is 5.95. The zero-order valence-electron chi connectivity index (χ0n) is 14.5. The molecule has 0 spiro atoms. The Morgan fingerprint density at radius 3 is 2.58 bits per heavy atom. The standard InChI is InChI=1S/C18H19N7O/c1-23-17(20-21-22-23)14-5-4-6-15(13-14)18(26)25-11-9-24(10-12-25)16-7-2-3-8-19-16/h2-8,13H,9-12H2,1H3. The van der Waals surface area contributed by atoms with E-state index in [2.05, 4.69) is 25.4 Å². The fraction of sp³-hybridized carbons (Fsp3) is 0.278. The van der Waals surface area contributed by atoms with Crippen molar-refractivity contribution < 1.29 is 4.79 Å². The van der Waals surface area contributed by atoms with Crippen LogP contribution in [0.15, 0.2) is 48.7 Å². The number of carbonyl (C=O) groups excluding carboxylic acids is 1. The molecule has 3 heterocycles. The number of aromatic nitrogens is 5. The molecular formula is C18H19N7O. The van der Waals surface area contributed by atoms with E-state index in [4.69, 9.17) is 0 Å². The van der Waals surface area contributed by atoms with Crippen molar-refractivity contribution in [3.8, 4) is 11.4 Å². The number of pyridine rings is 1. The number of anilines is 1. The van der Waals surface area contributed by atoms with Gasteiger partial charge in [-0.2, -0.15) is 0 Å². The van der Waals surface area contributed by atoms with Crippen molar-refractivity contribution in [1.82, 2.24) is 30.1 Å². The Morgan fingerprint density at radius 2 is 1.88 bits per heavy atom. The first-order chi connectivity index (χ1) is 12.7. The summed E-state index contributed by atoms with van der Waals surface area (Å²) < 4.78 is 1.59. The minimum absolute atomic E-state index is 0.0302. The fourth-order valence-corrected chi connectivity index (χ4v) is 3.13. The normalized spacial score (nSPS) is 14.5. The molecule has 8 nitrogen and oxygen atoms in total. The van der Waals surface area contributed by atoms with Crippen LogP contribution in [-0.2, 0) is 7.05 Å². The van der Waals surface area contributed by atoms with Crippen molar-refractivity contribution in [2.45, 2.75) is 0 Å². The second-order valence-electron chi connectivity index (χ2n) is 6.17. The second-order valence-corrected chi connectivity index (χ2v) is 6.17. The number of nitrogens with zero attached hydrogens (tertiary/aromatic N) is 7. The van der Waals surface area contributed by atoms with E-state index in [1.54, 1.807) is 17.9 Å². The summed E-state index contributed by atoms with van der Waals surface area (Å²) in [4.78, 5) is 21.3. The molecule has 1 aliphatic heterocycles. The van der Waals surface area contributed by atoms with E-state index >= 15 is 0 Å². The molecule has 132 valence electrons. The lowest BCUT2D eigenvalue weighted by Crippen LogP contribution is -2.49. The van der Waals surface area contributed by atoms with Crippen LogP contribution in [0.25, 0.3) is 11.4 Å². The Hall–Kier alpha value is -3.29. The van der Waals surface area contributed by atoms with Gasteiger partial charge in [0.15, 0.2) is 5.82 Å². The third-order valence-corrected chi connectivity index (χ3v) is 4.53. The smallest absolute Gasteiger partial charge is 0.253 e. The first-order valence-corrected chi connectivity index (χ1v) is 8.50. The molecule has 26 heavy (non-hydrogen) atoms. The first-order valence-electron chi connectivity index (χ1n) is 8.50. The molecule has 0 aliphatic carbocycles. The van der Waals surface area contributed by atoms with E-state index in [9.17, 15) is 4.79 Å². The minimum Gasteiger partial charge on any atom is -0.353 e. The maximum atomic E-state index is 12.9. The molecule has 1 aromatic carbocycles. The molecule has 0 saturated carbocycles. The van der Waals surface area contributed by atoms with Gasteiger partial charge in [-0.1, -0.05) is 18.2 Å². The van der Waals surface area contributed by atoms with Crippen LogP contribution in [0, 0.1) is 0 Å². The van der Waals surface area contributed by atoms with E-state index in [1.807, 2.05) is 47.4 Å². The van der Waals surface area contributed by atoms with Gasteiger partial charge in [-0.05, 0) is 34.7 Å². The molecule has 0 radical (unpaired) electrons. The highest BCUT2D eigenvalue weighted by Crippen LogP contribution is 2.19. The summed E-state index contributed by atoms with van der Waals surface area (Å²) in [5, 5.41) is 11.5. The Labute approximate surface area is 151 Å². The summed E-state index contributed by atoms with van der Waals surface area (Å²) in [6.07, 6.45) is 1.79. The van der Waals surface area contributed by atoms with Crippen LogP contribution >= 0.6 is 0 Å². The van der Waals surface area contributed by atoms with E-state index < -0.39 is 0 Å². The summed E-state index contributed by atoms with van der Waals surface area (Å²) in [5.41, 5.74) is 1.48. The second kappa shape index (κ2) is 6.91. The highest BCUT2D eigenvalue weighted by atomic mass is 16.2. The Bertz CT molecular complexity index is 901. The monoisotopic (exact) mass is 349 g/mol. The largest absolute Gasteiger partial charge is 0.353 e. The fourth-order valence-electron chi connectivity index (χ4n) is 3.13. The lowest BCUT2D eigenvalue weighted by molar-refractivity contribution is 0.0746. The van der Waals surface area contributed by atoms with Crippen LogP contribution in [0.1, 0.15) is 10.4 Å². The summed E-state index contributed by atoms with van der Waals surface area (Å²) >= 11 is 0. The quantitative estimate of drug-likeness (QED) is 0.708. The third-order valence-electron chi connectivity index (χ3n) is 4.53. The topological polar surface area (TPSA) is 80.0 Å². The van der Waals surface area contributed by atoms with Crippen LogP contribution in [0.4, 0.5) is 5.82 Å². The van der Waals surface area contributed by atoms with Gasteiger partial charge in [-0.15, -0.1) is 5.10 Å². The van der Waals surface area contributed by atoms with Crippen molar-refractivity contribution >= 4 is 11.7 Å². The van der Waals surface area contributed by atoms with Gasteiger partial charge in [-0.3, -0.25) is 4.79 Å². The van der Waals surface area contributed by atoms with Crippen molar-refractivity contribution in [1.29, 1.82) is 0 Å². The van der Waals surface area contributed by atoms with Crippen molar-refractivity contribution in [3.63, 3.8) is 0 Å². The van der Waals surface area contributed by atoms with Crippen LogP contribution in [0.2, 0.25) is 0 Å². The molecule has 1 amide bonds. The van der Waals surface area contributed by atoms with Gasteiger partial charge >= 0.3 is 0 Å². The van der Waals surface area contributed by atoms with Crippen LogP contribution in [0.3, 0.4) is 0 Å². The Kier molecular flexibility index (Phi) is 4.30. The maximum Gasteiger partial charge on any atom is 0.253 e. The SMILES string of the molecule is Cn1nnnc1-c1cccc(C(=O)N2CCN(c3ccccn3)CC2)c1. The summed E-state index contributed by atoms with van der Waals surface area (Å²) in [7, 11) is 1.78. The predicted molar refractivity (Wildman–Crippen MR) is 96.6 cm³/mol. The van der Waals surface area contributed by atoms with Crippen molar-refractivity contribution in [2.75, 3.05) is 31.1 Å². The van der Waals surface area contributed by atoms with Crippen molar-refractivity contribution in [2.24, 2.45) is 7.05 Å². The van der Waals surface area contributed by atoms with Gasteiger partial charge in [0.1, 0.15) is 5.82 Å². The molecule has 0 bridgehead atoms. The number of rotatable bonds is 3. The lowest BCUT2D eigenvalue weighted by Gasteiger charge is -2.35. The predicted octanol–water partition coefficient (Wildman–Crippen LogP) is 1.23. The lowest BCUT2D eigenvalue weighted by atomic mass is 10.1. The average Bonchev–Trinajstić information content (AvgIpc) is 3.14. The average molecular weight is 349 g/mol. The molecule has 0 N–H and O–H groups in total. The summed E-state index contributed by atoms with van der Waals surface area (Å²) in [6, 6.07) is 13.3. The molecule has 2 aromatic heterocycles. The van der Waals surface area contributed by atoms with E-state index in [0.717, 1.165) is 24.5 Å². The zero-order chi connectivity index (χ0) is 17.9. The number of hydrogen-bond donors (Lipinski definition) is 0. The maximum absolute atomic E-state index is 12.9. The highest BCUT2D eigenvalue weighted by Gasteiger charge is 2.23. The molecule has 3 aromatic rings. The molecule has 8 heteroatoms.